The largest absolute Gasteiger partial charge is 0.416 e. The Kier molecular flexibility index (Phi) is 4.15. The number of carbonyl (C=O) groups is 1. The van der Waals surface area contributed by atoms with Crippen molar-refractivity contribution in [3.8, 4) is 0 Å². The lowest BCUT2D eigenvalue weighted by Gasteiger charge is -2.32. The predicted octanol–water partition coefficient (Wildman–Crippen LogP) is 2.19. The van der Waals surface area contributed by atoms with Crippen molar-refractivity contribution in [1.82, 2.24) is 4.98 Å². The van der Waals surface area contributed by atoms with Crippen LogP contribution >= 0.6 is 0 Å². The maximum atomic E-state index is 12.6. The summed E-state index contributed by atoms with van der Waals surface area (Å²) < 4.78 is 37.9. The number of nitrogens with two attached hydrogens (primary N) is 1. The van der Waals surface area contributed by atoms with Gasteiger partial charge in [0.1, 0.15) is 5.82 Å². The summed E-state index contributed by atoms with van der Waals surface area (Å²) in [5.41, 5.74) is 4.45. The van der Waals surface area contributed by atoms with E-state index in [4.69, 9.17) is 5.73 Å². The Labute approximate surface area is 114 Å². The molecule has 0 radical (unpaired) electrons. The molecule has 2 rings (SSSR count). The van der Waals surface area contributed by atoms with Gasteiger partial charge in [0.25, 0.3) is 0 Å². The monoisotopic (exact) mass is 287 g/mol. The highest BCUT2D eigenvalue weighted by molar-refractivity contribution is 5.74. The Morgan fingerprint density at radius 3 is 2.60 bits per heavy atom. The quantitative estimate of drug-likeness (QED) is 0.927. The summed E-state index contributed by atoms with van der Waals surface area (Å²) in [6, 6.07) is 2.03. The summed E-state index contributed by atoms with van der Waals surface area (Å²) in [5.74, 6) is 0.215. The van der Waals surface area contributed by atoms with Crippen LogP contribution in [0.1, 0.15) is 24.8 Å². The molecule has 20 heavy (non-hydrogen) atoms. The van der Waals surface area contributed by atoms with Gasteiger partial charge in [0.05, 0.1) is 5.56 Å². The van der Waals surface area contributed by atoms with E-state index in [1.807, 2.05) is 4.90 Å². The van der Waals surface area contributed by atoms with Crippen molar-refractivity contribution in [2.24, 2.45) is 11.7 Å². The number of anilines is 1. The molecule has 1 aliphatic heterocycles. The van der Waals surface area contributed by atoms with Crippen LogP contribution in [0.15, 0.2) is 18.3 Å². The molecule has 110 valence electrons. The van der Waals surface area contributed by atoms with Crippen LogP contribution < -0.4 is 10.6 Å². The van der Waals surface area contributed by atoms with E-state index in [-0.39, 0.29) is 11.8 Å². The Morgan fingerprint density at radius 2 is 2.05 bits per heavy atom. The number of primary amides is 1. The lowest BCUT2D eigenvalue weighted by atomic mass is 9.93. The molecule has 0 spiro atoms. The molecule has 1 aliphatic rings. The Morgan fingerprint density at radius 1 is 1.40 bits per heavy atom. The molecule has 1 aromatic rings. The van der Waals surface area contributed by atoms with Gasteiger partial charge in [-0.15, -0.1) is 0 Å². The minimum atomic E-state index is -4.36. The average Bonchev–Trinajstić information content (AvgIpc) is 2.38. The number of amides is 1. The average molecular weight is 287 g/mol. The van der Waals surface area contributed by atoms with Gasteiger partial charge < -0.3 is 10.6 Å². The number of aromatic nitrogens is 1. The number of rotatable bonds is 3. The summed E-state index contributed by atoms with van der Waals surface area (Å²) in [6.45, 7) is 1.18. The fraction of sp³-hybridized carbons (Fsp3) is 0.538. The topological polar surface area (TPSA) is 59.2 Å². The van der Waals surface area contributed by atoms with Crippen LogP contribution in [-0.2, 0) is 11.0 Å². The van der Waals surface area contributed by atoms with Crippen LogP contribution in [0.4, 0.5) is 19.0 Å². The lowest BCUT2D eigenvalue weighted by molar-refractivity contribution is -0.137. The van der Waals surface area contributed by atoms with E-state index in [1.54, 1.807) is 0 Å². The van der Waals surface area contributed by atoms with E-state index in [1.165, 1.54) is 6.20 Å². The molecule has 2 heterocycles. The molecule has 2 N–H and O–H groups in total. The van der Waals surface area contributed by atoms with Gasteiger partial charge in [-0.25, -0.2) is 4.98 Å². The number of alkyl halides is 3. The lowest BCUT2D eigenvalue weighted by Crippen LogP contribution is -2.35. The third-order valence-corrected chi connectivity index (χ3v) is 3.50. The van der Waals surface area contributed by atoms with Gasteiger partial charge in [-0.1, -0.05) is 0 Å². The summed E-state index contributed by atoms with van der Waals surface area (Å²) in [5, 5.41) is 0. The van der Waals surface area contributed by atoms with E-state index in [0.29, 0.717) is 25.3 Å². The Hall–Kier alpha value is -1.79. The second-order valence-electron chi connectivity index (χ2n) is 5.00. The van der Waals surface area contributed by atoms with Crippen molar-refractivity contribution in [2.75, 3.05) is 18.0 Å². The van der Waals surface area contributed by atoms with Crippen LogP contribution in [-0.4, -0.2) is 24.0 Å². The van der Waals surface area contributed by atoms with Crippen molar-refractivity contribution >= 4 is 11.7 Å². The van der Waals surface area contributed by atoms with Gasteiger partial charge in [-0.2, -0.15) is 13.2 Å². The van der Waals surface area contributed by atoms with E-state index >= 15 is 0 Å². The number of carbonyl (C=O) groups excluding carboxylic acids is 1. The number of hydrogen-bond acceptors (Lipinski definition) is 3. The summed E-state index contributed by atoms with van der Waals surface area (Å²) >= 11 is 0. The first-order chi connectivity index (χ1) is 9.36. The number of nitrogens with zero attached hydrogens (tertiary/aromatic N) is 2. The van der Waals surface area contributed by atoms with Crippen LogP contribution in [0.5, 0.6) is 0 Å². The third-order valence-electron chi connectivity index (χ3n) is 3.50. The summed E-state index contributed by atoms with van der Waals surface area (Å²) in [6.07, 6.45) is -1.37. The van der Waals surface area contributed by atoms with Crippen LogP contribution in [0.2, 0.25) is 0 Å². The highest BCUT2D eigenvalue weighted by atomic mass is 19.4. The first kappa shape index (κ1) is 14.6. The SMILES string of the molecule is NC(=O)CC1CCN(c2cc(C(F)(F)F)ccn2)CC1. The normalized spacial score (nSPS) is 17.2. The summed E-state index contributed by atoms with van der Waals surface area (Å²) in [4.78, 5) is 16.7. The molecular formula is C13H16F3N3O. The highest BCUT2D eigenvalue weighted by Crippen LogP contribution is 2.31. The second-order valence-corrected chi connectivity index (χ2v) is 5.00. The molecule has 0 bridgehead atoms. The molecule has 1 saturated heterocycles. The van der Waals surface area contributed by atoms with E-state index < -0.39 is 11.7 Å². The Bertz CT molecular complexity index is 482. The molecular weight excluding hydrogens is 271 g/mol. The van der Waals surface area contributed by atoms with Crippen LogP contribution in [0, 0.1) is 5.92 Å². The standard InChI is InChI=1S/C13H16F3N3O/c14-13(15,16)10-1-4-18-12(8-10)19-5-2-9(3-6-19)7-11(17)20/h1,4,8-9H,2-3,5-7H2,(H2,17,20). The van der Waals surface area contributed by atoms with Crippen LogP contribution in [0.3, 0.4) is 0 Å². The molecule has 1 aromatic heterocycles. The number of hydrogen-bond donors (Lipinski definition) is 1. The van der Waals surface area contributed by atoms with Gasteiger partial charge >= 0.3 is 6.18 Å². The van der Waals surface area contributed by atoms with Gasteiger partial charge in [-0.3, -0.25) is 4.79 Å². The van der Waals surface area contributed by atoms with Crippen molar-refractivity contribution in [2.45, 2.75) is 25.4 Å². The van der Waals surface area contributed by atoms with Gasteiger partial charge in [0.2, 0.25) is 5.91 Å². The molecule has 0 unspecified atom stereocenters. The van der Waals surface area contributed by atoms with Crippen molar-refractivity contribution in [3.05, 3.63) is 23.9 Å². The fourth-order valence-corrected chi connectivity index (χ4v) is 2.42. The predicted molar refractivity (Wildman–Crippen MR) is 68.0 cm³/mol. The highest BCUT2D eigenvalue weighted by Gasteiger charge is 2.31. The smallest absolute Gasteiger partial charge is 0.370 e. The number of halogens is 3. The van der Waals surface area contributed by atoms with Crippen molar-refractivity contribution in [3.63, 3.8) is 0 Å². The molecule has 0 aliphatic carbocycles. The van der Waals surface area contributed by atoms with Crippen molar-refractivity contribution in [1.29, 1.82) is 0 Å². The van der Waals surface area contributed by atoms with E-state index in [0.717, 1.165) is 25.0 Å². The second kappa shape index (κ2) is 5.68. The first-order valence-electron chi connectivity index (χ1n) is 6.43. The van der Waals surface area contributed by atoms with Gasteiger partial charge in [-0.05, 0) is 30.9 Å². The summed E-state index contributed by atoms with van der Waals surface area (Å²) in [7, 11) is 0. The maximum Gasteiger partial charge on any atom is 0.416 e. The van der Waals surface area contributed by atoms with E-state index in [2.05, 4.69) is 4.98 Å². The minimum Gasteiger partial charge on any atom is -0.370 e. The third kappa shape index (κ3) is 3.61. The zero-order valence-corrected chi connectivity index (χ0v) is 10.9. The van der Waals surface area contributed by atoms with E-state index in [9.17, 15) is 18.0 Å². The minimum absolute atomic E-state index is 0.217. The maximum absolute atomic E-state index is 12.6. The molecule has 0 aromatic carbocycles. The first-order valence-corrected chi connectivity index (χ1v) is 6.43. The van der Waals surface area contributed by atoms with Crippen molar-refractivity contribution < 1.29 is 18.0 Å². The Balaban J connectivity index is 2.02. The molecule has 1 fully saturated rings. The number of pyridine rings is 1. The number of piperidine rings is 1. The van der Waals surface area contributed by atoms with Gasteiger partial charge in [0.15, 0.2) is 0 Å². The molecule has 0 saturated carbocycles. The fourth-order valence-electron chi connectivity index (χ4n) is 2.42. The zero-order valence-electron chi connectivity index (χ0n) is 10.9. The van der Waals surface area contributed by atoms with Gasteiger partial charge in [0, 0.05) is 25.7 Å². The zero-order chi connectivity index (χ0) is 14.8. The van der Waals surface area contributed by atoms with Crippen LogP contribution in [0.25, 0.3) is 0 Å². The molecule has 4 nitrogen and oxygen atoms in total. The molecule has 0 atom stereocenters. The molecule has 7 heteroatoms. The molecule has 1 amide bonds.